The quantitative estimate of drug-likeness (QED) is 0.540. The first-order valence-electron chi connectivity index (χ1n) is 10.1. The van der Waals surface area contributed by atoms with Crippen molar-refractivity contribution in [1.29, 1.82) is 0 Å². The average molecular weight is 427 g/mol. The number of hydrogen-bond donors (Lipinski definition) is 3. The van der Waals surface area contributed by atoms with Gasteiger partial charge in [0, 0.05) is 22.2 Å². The number of nitrogens with one attached hydrogen (secondary N) is 2. The summed E-state index contributed by atoms with van der Waals surface area (Å²) in [6.07, 6.45) is 5.33. The monoisotopic (exact) mass is 426 g/mol. The van der Waals surface area contributed by atoms with Crippen molar-refractivity contribution in [3.8, 4) is 0 Å². The van der Waals surface area contributed by atoms with E-state index in [1.807, 2.05) is 24.3 Å². The fraction of sp³-hybridized carbons (Fsp3) is 0.348. The van der Waals surface area contributed by atoms with E-state index in [2.05, 4.69) is 10.6 Å². The predicted molar refractivity (Wildman–Crippen MR) is 119 cm³/mol. The summed E-state index contributed by atoms with van der Waals surface area (Å²) in [5, 5.41) is 14.4. The van der Waals surface area contributed by atoms with Crippen LogP contribution in [0.5, 0.6) is 0 Å². The van der Waals surface area contributed by atoms with Crippen LogP contribution in [0.25, 0.3) is 0 Å². The Kier molecular flexibility index (Phi) is 7.52. The van der Waals surface area contributed by atoms with Gasteiger partial charge in [-0.25, -0.2) is 4.79 Å². The highest BCUT2D eigenvalue weighted by Crippen LogP contribution is 2.28. The Balaban J connectivity index is 1.55. The lowest BCUT2D eigenvalue weighted by atomic mass is 9.88. The van der Waals surface area contributed by atoms with Gasteiger partial charge >= 0.3 is 5.97 Å². The first-order valence-corrected chi connectivity index (χ1v) is 11.0. The molecule has 1 aliphatic rings. The van der Waals surface area contributed by atoms with E-state index in [9.17, 15) is 14.4 Å². The minimum Gasteiger partial charge on any atom is -0.478 e. The van der Waals surface area contributed by atoms with Gasteiger partial charge in [-0.3, -0.25) is 9.59 Å². The smallest absolute Gasteiger partial charge is 0.335 e. The Morgan fingerprint density at radius 1 is 0.967 bits per heavy atom. The second-order valence-corrected chi connectivity index (χ2v) is 8.90. The van der Waals surface area contributed by atoms with Gasteiger partial charge in [0.1, 0.15) is 0 Å². The molecule has 0 bridgehead atoms. The zero-order valence-electron chi connectivity index (χ0n) is 16.9. The van der Waals surface area contributed by atoms with Gasteiger partial charge < -0.3 is 15.7 Å². The molecule has 2 aromatic carbocycles. The standard InChI is InChI=1S/C23H26N2O4S/c1-15(21(26)24-18-12-10-17(11-13-18)23(28)29)30-20-9-5-8-19(14-20)25-22(27)16-6-3-2-4-7-16/h5,8-16H,2-4,6-7H2,1H3,(H,24,26)(H,25,27)(H,28,29). The molecule has 3 N–H and O–H groups in total. The third kappa shape index (κ3) is 6.10. The molecule has 2 aromatic rings. The summed E-state index contributed by atoms with van der Waals surface area (Å²) < 4.78 is 0. The average Bonchev–Trinajstić information content (AvgIpc) is 2.75. The third-order valence-electron chi connectivity index (χ3n) is 5.16. The van der Waals surface area contributed by atoms with Crippen molar-refractivity contribution in [2.75, 3.05) is 10.6 Å². The molecule has 0 aromatic heterocycles. The Labute approximate surface area is 180 Å². The lowest BCUT2D eigenvalue weighted by Crippen LogP contribution is -2.24. The third-order valence-corrected chi connectivity index (χ3v) is 6.25. The Bertz CT molecular complexity index is 908. The van der Waals surface area contributed by atoms with Crippen molar-refractivity contribution >= 4 is 40.9 Å². The lowest BCUT2D eigenvalue weighted by Gasteiger charge is -2.21. The zero-order valence-corrected chi connectivity index (χ0v) is 17.7. The normalized spacial score (nSPS) is 15.2. The summed E-state index contributed by atoms with van der Waals surface area (Å²) in [6, 6.07) is 13.6. The number of carboxylic acids is 1. The molecule has 0 saturated heterocycles. The molecule has 0 spiro atoms. The molecule has 1 atom stereocenters. The molecule has 30 heavy (non-hydrogen) atoms. The van der Waals surface area contributed by atoms with E-state index in [4.69, 9.17) is 5.11 Å². The first kappa shape index (κ1) is 21.9. The molecule has 7 heteroatoms. The van der Waals surface area contributed by atoms with Gasteiger partial charge in [0.2, 0.25) is 11.8 Å². The summed E-state index contributed by atoms with van der Waals surface area (Å²) in [5.41, 5.74) is 1.46. The minimum absolute atomic E-state index is 0.0763. The maximum atomic E-state index is 12.5. The van der Waals surface area contributed by atoms with E-state index >= 15 is 0 Å². The lowest BCUT2D eigenvalue weighted by molar-refractivity contribution is -0.120. The van der Waals surface area contributed by atoms with Crippen molar-refractivity contribution in [3.05, 3.63) is 54.1 Å². The zero-order chi connectivity index (χ0) is 21.5. The molecular formula is C23H26N2O4S. The minimum atomic E-state index is -1.01. The molecule has 0 radical (unpaired) electrons. The van der Waals surface area contributed by atoms with E-state index in [0.29, 0.717) is 5.69 Å². The number of carbonyl (C=O) groups excluding carboxylic acids is 2. The van der Waals surface area contributed by atoms with Crippen LogP contribution in [-0.4, -0.2) is 28.1 Å². The summed E-state index contributed by atoms with van der Waals surface area (Å²) in [4.78, 5) is 36.7. The highest BCUT2D eigenvalue weighted by atomic mass is 32.2. The maximum Gasteiger partial charge on any atom is 0.335 e. The molecule has 3 rings (SSSR count). The fourth-order valence-corrected chi connectivity index (χ4v) is 4.38. The van der Waals surface area contributed by atoms with Crippen LogP contribution < -0.4 is 10.6 Å². The summed E-state index contributed by atoms with van der Waals surface area (Å²) >= 11 is 1.40. The number of aromatic carboxylic acids is 1. The van der Waals surface area contributed by atoms with Crippen molar-refractivity contribution in [2.45, 2.75) is 49.2 Å². The summed E-state index contributed by atoms with van der Waals surface area (Å²) in [6.45, 7) is 1.80. The highest BCUT2D eigenvalue weighted by Gasteiger charge is 2.21. The van der Waals surface area contributed by atoms with Gasteiger partial charge in [-0.15, -0.1) is 11.8 Å². The molecule has 0 aliphatic heterocycles. The molecule has 6 nitrogen and oxygen atoms in total. The van der Waals surface area contributed by atoms with E-state index in [-0.39, 0.29) is 28.5 Å². The summed E-state index contributed by atoms with van der Waals surface area (Å²) in [5.74, 6) is -1.02. The van der Waals surface area contributed by atoms with Gasteiger partial charge in [-0.1, -0.05) is 25.3 Å². The van der Waals surface area contributed by atoms with Gasteiger partial charge in [-0.2, -0.15) is 0 Å². The highest BCUT2D eigenvalue weighted by molar-refractivity contribution is 8.00. The first-order chi connectivity index (χ1) is 14.4. The van der Waals surface area contributed by atoms with Crippen molar-refractivity contribution < 1.29 is 19.5 Å². The van der Waals surface area contributed by atoms with Crippen LogP contribution in [0, 0.1) is 5.92 Å². The van der Waals surface area contributed by atoms with Crippen molar-refractivity contribution in [2.24, 2.45) is 5.92 Å². The van der Waals surface area contributed by atoms with Crippen molar-refractivity contribution in [1.82, 2.24) is 0 Å². The maximum absolute atomic E-state index is 12.5. The molecule has 0 heterocycles. The second kappa shape index (κ2) is 10.3. The molecule has 1 unspecified atom stereocenters. The molecule has 1 aliphatic carbocycles. The molecule has 1 fully saturated rings. The molecule has 1 saturated carbocycles. The van der Waals surface area contributed by atoms with Crippen LogP contribution in [0.3, 0.4) is 0 Å². The second-order valence-electron chi connectivity index (χ2n) is 7.48. The van der Waals surface area contributed by atoms with Crippen LogP contribution >= 0.6 is 11.8 Å². The van der Waals surface area contributed by atoms with Crippen LogP contribution in [0.1, 0.15) is 49.4 Å². The van der Waals surface area contributed by atoms with Crippen LogP contribution in [0.4, 0.5) is 11.4 Å². The van der Waals surface area contributed by atoms with E-state index < -0.39 is 5.97 Å². The molecule has 2 amide bonds. The van der Waals surface area contributed by atoms with Crippen LogP contribution in [0.2, 0.25) is 0 Å². The van der Waals surface area contributed by atoms with E-state index in [0.717, 1.165) is 36.3 Å². The Morgan fingerprint density at radius 3 is 2.33 bits per heavy atom. The molecule has 158 valence electrons. The number of rotatable bonds is 7. The number of carbonyl (C=O) groups is 3. The van der Waals surface area contributed by atoms with Crippen LogP contribution in [-0.2, 0) is 9.59 Å². The van der Waals surface area contributed by atoms with Gasteiger partial charge in [0.15, 0.2) is 0 Å². The Hall–Kier alpha value is -2.80. The van der Waals surface area contributed by atoms with Crippen molar-refractivity contribution in [3.63, 3.8) is 0 Å². The Morgan fingerprint density at radius 2 is 1.67 bits per heavy atom. The van der Waals surface area contributed by atoms with E-state index in [1.54, 1.807) is 19.1 Å². The number of anilines is 2. The summed E-state index contributed by atoms with van der Waals surface area (Å²) in [7, 11) is 0. The molecular weight excluding hydrogens is 400 g/mol. The number of carboxylic acid groups (broad SMARTS) is 1. The number of amides is 2. The fourth-order valence-electron chi connectivity index (χ4n) is 3.45. The van der Waals surface area contributed by atoms with E-state index in [1.165, 1.54) is 30.3 Å². The number of hydrogen-bond acceptors (Lipinski definition) is 4. The van der Waals surface area contributed by atoms with Gasteiger partial charge in [-0.05, 0) is 62.2 Å². The topological polar surface area (TPSA) is 95.5 Å². The van der Waals surface area contributed by atoms with Crippen LogP contribution in [0.15, 0.2) is 53.4 Å². The largest absolute Gasteiger partial charge is 0.478 e. The van der Waals surface area contributed by atoms with Gasteiger partial charge in [0.25, 0.3) is 0 Å². The number of benzene rings is 2. The predicted octanol–water partition coefficient (Wildman–Crippen LogP) is 5.02. The SMILES string of the molecule is CC(Sc1cccc(NC(=O)C2CCCCC2)c1)C(=O)Nc1ccc(C(=O)O)cc1. The number of thioether (sulfide) groups is 1. The van der Waals surface area contributed by atoms with Gasteiger partial charge in [0.05, 0.1) is 10.8 Å².